The van der Waals surface area contributed by atoms with Crippen molar-refractivity contribution in [2.24, 2.45) is 0 Å². The summed E-state index contributed by atoms with van der Waals surface area (Å²) in [6, 6.07) is 14.2. The van der Waals surface area contributed by atoms with Crippen LogP contribution in [0, 0.1) is 0 Å². The molecular formula is C13H15N3O4S2. The van der Waals surface area contributed by atoms with Crippen LogP contribution in [0.15, 0.2) is 59.5 Å². The molecule has 0 saturated carbocycles. The largest absolute Gasteiger partial charge is 0.308 e. The first kappa shape index (κ1) is 16.3. The summed E-state index contributed by atoms with van der Waals surface area (Å²) in [6.07, 6.45) is 1.00. The molecule has 3 N–H and O–H groups in total. The van der Waals surface area contributed by atoms with E-state index in [1.165, 1.54) is 18.2 Å². The van der Waals surface area contributed by atoms with Gasteiger partial charge in [-0.1, -0.05) is 24.3 Å². The van der Waals surface area contributed by atoms with E-state index in [2.05, 4.69) is 15.0 Å². The van der Waals surface area contributed by atoms with Gasteiger partial charge in [0.05, 0.1) is 22.5 Å². The van der Waals surface area contributed by atoms with Crippen LogP contribution in [0.1, 0.15) is 0 Å². The molecular weight excluding hydrogens is 326 g/mol. The molecule has 22 heavy (non-hydrogen) atoms. The zero-order valence-electron chi connectivity index (χ0n) is 11.6. The van der Waals surface area contributed by atoms with Gasteiger partial charge in [0, 0.05) is 0 Å². The van der Waals surface area contributed by atoms with Crippen molar-refractivity contribution in [3.05, 3.63) is 54.6 Å². The lowest BCUT2D eigenvalue weighted by Gasteiger charge is -2.11. The van der Waals surface area contributed by atoms with Gasteiger partial charge < -0.3 is 5.43 Å². The summed E-state index contributed by atoms with van der Waals surface area (Å²) in [5.74, 6) is 0. The van der Waals surface area contributed by atoms with Crippen molar-refractivity contribution in [2.75, 3.05) is 16.4 Å². The van der Waals surface area contributed by atoms with Gasteiger partial charge in [0.25, 0.3) is 10.0 Å². The molecule has 0 amide bonds. The van der Waals surface area contributed by atoms with Gasteiger partial charge in [-0.2, -0.15) is 0 Å². The van der Waals surface area contributed by atoms with Crippen LogP contribution in [0.2, 0.25) is 0 Å². The van der Waals surface area contributed by atoms with E-state index in [1.54, 1.807) is 36.4 Å². The van der Waals surface area contributed by atoms with E-state index in [-0.39, 0.29) is 4.90 Å². The van der Waals surface area contributed by atoms with E-state index < -0.39 is 20.0 Å². The molecule has 0 aliphatic rings. The molecule has 7 nitrogen and oxygen atoms in total. The first-order valence-corrected chi connectivity index (χ1v) is 9.54. The predicted molar refractivity (Wildman–Crippen MR) is 85.3 cm³/mol. The zero-order chi connectivity index (χ0) is 16.2. The number of hydrazine groups is 1. The van der Waals surface area contributed by atoms with Crippen molar-refractivity contribution in [1.29, 1.82) is 0 Å². The van der Waals surface area contributed by atoms with E-state index in [0.29, 0.717) is 11.4 Å². The highest BCUT2D eigenvalue weighted by atomic mass is 32.2. The fourth-order valence-corrected chi connectivity index (χ4v) is 3.00. The van der Waals surface area contributed by atoms with Crippen molar-refractivity contribution in [3.8, 4) is 0 Å². The Kier molecular flexibility index (Phi) is 4.69. The van der Waals surface area contributed by atoms with Crippen LogP contribution in [0.3, 0.4) is 0 Å². The van der Waals surface area contributed by atoms with Crippen LogP contribution in [0.25, 0.3) is 0 Å². The maximum atomic E-state index is 12.2. The van der Waals surface area contributed by atoms with Crippen molar-refractivity contribution < 1.29 is 16.8 Å². The molecule has 0 radical (unpaired) electrons. The van der Waals surface area contributed by atoms with Crippen LogP contribution in [-0.4, -0.2) is 23.1 Å². The summed E-state index contributed by atoms with van der Waals surface area (Å²) < 4.78 is 48.8. The normalized spacial score (nSPS) is 11.9. The molecule has 0 spiro atoms. The Morgan fingerprint density at radius 1 is 0.818 bits per heavy atom. The van der Waals surface area contributed by atoms with Gasteiger partial charge in [0.15, 0.2) is 0 Å². The lowest BCUT2D eigenvalue weighted by molar-refractivity contribution is 0.593. The first-order chi connectivity index (χ1) is 10.3. The minimum Gasteiger partial charge on any atom is -0.308 e. The zero-order valence-corrected chi connectivity index (χ0v) is 13.3. The number of hydrogen-bond donors (Lipinski definition) is 3. The molecule has 2 aromatic rings. The van der Waals surface area contributed by atoms with Gasteiger partial charge in [-0.05, 0) is 30.3 Å². The molecule has 0 unspecified atom stereocenters. The highest BCUT2D eigenvalue weighted by molar-refractivity contribution is 7.92. The van der Waals surface area contributed by atoms with Crippen molar-refractivity contribution >= 4 is 31.4 Å². The number of nitrogens with one attached hydrogen (secondary N) is 3. The van der Waals surface area contributed by atoms with E-state index in [0.717, 1.165) is 6.26 Å². The van der Waals surface area contributed by atoms with Crippen LogP contribution >= 0.6 is 0 Å². The summed E-state index contributed by atoms with van der Waals surface area (Å²) >= 11 is 0. The lowest BCUT2D eigenvalue weighted by atomic mass is 10.3. The Bertz CT molecular complexity index is 850. The molecule has 0 aliphatic carbocycles. The van der Waals surface area contributed by atoms with Crippen LogP contribution < -0.4 is 15.0 Å². The fraction of sp³-hybridized carbons (Fsp3) is 0.0769. The Morgan fingerprint density at radius 2 is 1.45 bits per heavy atom. The molecule has 0 atom stereocenters. The highest BCUT2D eigenvalue weighted by Crippen LogP contribution is 2.19. The second-order valence-electron chi connectivity index (χ2n) is 4.50. The summed E-state index contributed by atoms with van der Waals surface area (Å²) in [5.41, 5.74) is 3.19. The van der Waals surface area contributed by atoms with Gasteiger partial charge in [-0.25, -0.2) is 16.8 Å². The van der Waals surface area contributed by atoms with Gasteiger partial charge in [-0.3, -0.25) is 4.72 Å². The predicted octanol–water partition coefficient (Wildman–Crippen LogP) is 1.36. The minimum absolute atomic E-state index is 0.141. The lowest BCUT2D eigenvalue weighted by Crippen LogP contribution is -2.28. The summed E-state index contributed by atoms with van der Waals surface area (Å²) in [4.78, 5) is 2.25. The van der Waals surface area contributed by atoms with E-state index in [1.807, 2.05) is 0 Å². The second kappa shape index (κ2) is 6.34. The third kappa shape index (κ3) is 4.72. The summed E-state index contributed by atoms with van der Waals surface area (Å²) in [6.45, 7) is 0. The molecule has 0 saturated heterocycles. The van der Waals surface area contributed by atoms with Crippen LogP contribution in [0.4, 0.5) is 11.4 Å². The average Bonchev–Trinajstić information content (AvgIpc) is 2.45. The minimum atomic E-state index is -3.69. The maximum Gasteiger partial charge on any atom is 0.261 e. The molecule has 118 valence electrons. The molecule has 0 aliphatic heterocycles. The SMILES string of the molecule is CS(=O)(=O)NNc1cccc(NS(=O)(=O)c2ccccc2)c1. The number of anilines is 2. The molecule has 9 heteroatoms. The average molecular weight is 341 g/mol. The third-order valence-electron chi connectivity index (χ3n) is 2.55. The monoisotopic (exact) mass is 341 g/mol. The molecule has 0 fully saturated rings. The molecule has 0 aromatic heterocycles. The van der Waals surface area contributed by atoms with E-state index in [4.69, 9.17) is 0 Å². The molecule has 0 heterocycles. The van der Waals surface area contributed by atoms with Crippen LogP contribution in [-0.2, 0) is 20.0 Å². The fourth-order valence-electron chi connectivity index (χ4n) is 1.63. The number of rotatable bonds is 6. The van der Waals surface area contributed by atoms with E-state index >= 15 is 0 Å². The number of hydrogen-bond acceptors (Lipinski definition) is 5. The van der Waals surface area contributed by atoms with Crippen molar-refractivity contribution in [3.63, 3.8) is 0 Å². The highest BCUT2D eigenvalue weighted by Gasteiger charge is 2.13. The molecule has 0 bridgehead atoms. The Hall–Kier alpha value is -2.10. The first-order valence-electron chi connectivity index (χ1n) is 6.17. The smallest absolute Gasteiger partial charge is 0.261 e. The molecule has 2 aromatic carbocycles. The third-order valence-corrected chi connectivity index (χ3v) is 4.42. The van der Waals surface area contributed by atoms with Crippen molar-refractivity contribution in [1.82, 2.24) is 4.83 Å². The summed E-state index contributed by atoms with van der Waals surface area (Å²) in [7, 11) is -7.10. The maximum absolute atomic E-state index is 12.2. The van der Waals surface area contributed by atoms with Crippen molar-refractivity contribution in [2.45, 2.75) is 4.90 Å². The van der Waals surface area contributed by atoms with Gasteiger partial charge in [0.2, 0.25) is 10.0 Å². The quantitative estimate of drug-likeness (QED) is 0.688. The summed E-state index contributed by atoms with van der Waals surface area (Å²) in [5, 5.41) is 0. The van der Waals surface area contributed by atoms with Gasteiger partial charge in [-0.15, -0.1) is 4.83 Å². The number of sulfonamides is 2. The van der Waals surface area contributed by atoms with Gasteiger partial charge >= 0.3 is 0 Å². The Morgan fingerprint density at radius 3 is 2.09 bits per heavy atom. The van der Waals surface area contributed by atoms with Gasteiger partial charge in [0.1, 0.15) is 0 Å². The van der Waals surface area contributed by atoms with E-state index in [9.17, 15) is 16.8 Å². The number of benzene rings is 2. The Balaban J connectivity index is 2.17. The standard InChI is InChI=1S/C13H15N3O4S2/c1-21(17,18)16-14-11-6-5-7-12(10-11)15-22(19,20)13-8-3-2-4-9-13/h2-10,14-16H,1H3. The Labute approximate surface area is 129 Å². The van der Waals surface area contributed by atoms with Crippen LogP contribution in [0.5, 0.6) is 0 Å². The second-order valence-corrected chi connectivity index (χ2v) is 7.93. The molecule has 2 rings (SSSR count). The topological polar surface area (TPSA) is 104 Å².